The molecule has 28 heavy (non-hydrogen) atoms. The lowest BCUT2D eigenvalue weighted by Gasteiger charge is -2.10. The van der Waals surface area contributed by atoms with E-state index < -0.39 is 0 Å². The van der Waals surface area contributed by atoms with Crippen LogP contribution in [0.15, 0.2) is 53.7 Å². The summed E-state index contributed by atoms with van der Waals surface area (Å²) in [7, 11) is 3.61. The van der Waals surface area contributed by atoms with Gasteiger partial charge in [-0.2, -0.15) is 0 Å². The van der Waals surface area contributed by atoms with Crippen LogP contribution >= 0.6 is 23.4 Å². The summed E-state index contributed by atoms with van der Waals surface area (Å²) in [6, 6.07) is 15.8. The lowest BCUT2D eigenvalue weighted by Crippen LogP contribution is -1.97. The van der Waals surface area contributed by atoms with Gasteiger partial charge in [0.2, 0.25) is 0 Å². The molecule has 0 atom stereocenters. The molecule has 2 aromatic carbocycles. The molecule has 0 unspecified atom stereocenters. The minimum absolute atomic E-state index is 0.624. The van der Waals surface area contributed by atoms with Crippen molar-refractivity contribution in [2.45, 2.75) is 17.8 Å². The number of rotatable bonds is 5. The van der Waals surface area contributed by atoms with Crippen molar-refractivity contribution in [1.82, 2.24) is 19.7 Å². The number of aryl methyl sites for hydroxylation is 1. The van der Waals surface area contributed by atoms with Crippen LogP contribution in [-0.4, -0.2) is 26.9 Å². The molecular weight excluding hydrogens is 392 g/mol. The minimum atomic E-state index is 0.624. The number of ether oxygens (including phenoxy) is 1. The Labute approximate surface area is 172 Å². The Morgan fingerprint density at radius 2 is 1.82 bits per heavy atom. The lowest BCUT2D eigenvalue weighted by atomic mass is 10.1. The fourth-order valence-electron chi connectivity index (χ4n) is 3.08. The standard InChI is InChI=1S/C21H19ClN4OS/c1-13-16-6-4-5-7-17(16)23-18(19(13)22)12-28-21-25-24-20(26(21)2)14-8-10-15(27-3)11-9-14/h4-11H,12H2,1-3H3. The first-order valence-corrected chi connectivity index (χ1v) is 10.1. The zero-order chi connectivity index (χ0) is 19.7. The molecule has 142 valence electrons. The molecule has 0 aliphatic rings. The second-order valence-corrected chi connectivity index (χ2v) is 7.72. The van der Waals surface area contributed by atoms with Crippen LogP contribution in [0, 0.1) is 6.92 Å². The van der Waals surface area contributed by atoms with Crippen molar-refractivity contribution in [2.75, 3.05) is 7.11 Å². The molecule has 0 amide bonds. The van der Waals surface area contributed by atoms with Crippen LogP contribution < -0.4 is 4.74 Å². The van der Waals surface area contributed by atoms with Crippen LogP contribution in [0.3, 0.4) is 0 Å². The molecule has 0 N–H and O–H groups in total. The van der Waals surface area contributed by atoms with Crippen LogP contribution in [0.25, 0.3) is 22.3 Å². The van der Waals surface area contributed by atoms with E-state index in [2.05, 4.69) is 10.2 Å². The van der Waals surface area contributed by atoms with Crippen molar-refractivity contribution < 1.29 is 4.74 Å². The second kappa shape index (κ2) is 7.81. The SMILES string of the molecule is COc1ccc(-c2nnc(SCc3nc4ccccc4c(C)c3Cl)n2C)cc1. The molecule has 0 aliphatic carbocycles. The van der Waals surface area contributed by atoms with Gasteiger partial charge >= 0.3 is 0 Å². The zero-order valence-electron chi connectivity index (χ0n) is 15.8. The summed E-state index contributed by atoms with van der Waals surface area (Å²) >= 11 is 8.15. The van der Waals surface area contributed by atoms with E-state index in [9.17, 15) is 0 Å². The second-order valence-electron chi connectivity index (χ2n) is 6.40. The van der Waals surface area contributed by atoms with Crippen LogP contribution in [-0.2, 0) is 12.8 Å². The van der Waals surface area contributed by atoms with Crippen LogP contribution in [0.5, 0.6) is 5.75 Å². The van der Waals surface area contributed by atoms with Gasteiger partial charge in [-0.1, -0.05) is 41.6 Å². The highest BCUT2D eigenvalue weighted by Gasteiger charge is 2.15. The van der Waals surface area contributed by atoms with Gasteiger partial charge in [0.05, 0.1) is 23.3 Å². The first kappa shape index (κ1) is 18.8. The van der Waals surface area contributed by atoms with Gasteiger partial charge in [-0.05, 0) is 42.8 Å². The number of fused-ring (bicyclic) bond motifs is 1. The van der Waals surface area contributed by atoms with E-state index in [0.717, 1.165) is 44.5 Å². The molecule has 0 radical (unpaired) electrons. The number of pyridine rings is 1. The number of halogens is 1. The molecule has 0 bridgehead atoms. The van der Waals surface area contributed by atoms with E-state index in [1.165, 1.54) is 0 Å². The number of para-hydroxylation sites is 1. The van der Waals surface area contributed by atoms with E-state index in [0.29, 0.717) is 10.8 Å². The fourth-order valence-corrected chi connectivity index (χ4v) is 4.22. The Bertz CT molecular complexity index is 1140. The highest BCUT2D eigenvalue weighted by atomic mass is 35.5. The summed E-state index contributed by atoms with van der Waals surface area (Å²) in [6.45, 7) is 2.03. The van der Waals surface area contributed by atoms with Crippen molar-refractivity contribution >= 4 is 34.3 Å². The molecule has 0 saturated heterocycles. The molecule has 2 heterocycles. The molecule has 0 fully saturated rings. The molecule has 0 aliphatic heterocycles. The Morgan fingerprint density at radius 3 is 2.57 bits per heavy atom. The molecule has 5 nitrogen and oxygen atoms in total. The van der Waals surface area contributed by atoms with Gasteiger partial charge in [-0.25, -0.2) is 0 Å². The number of hydrogen-bond acceptors (Lipinski definition) is 5. The van der Waals surface area contributed by atoms with Gasteiger partial charge in [-0.15, -0.1) is 10.2 Å². The summed E-state index contributed by atoms with van der Waals surface area (Å²) in [4.78, 5) is 4.74. The van der Waals surface area contributed by atoms with E-state index in [1.807, 2.05) is 67.1 Å². The average molecular weight is 411 g/mol. The first-order valence-electron chi connectivity index (χ1n) is 8.79. The fraction of sp³-hybridized carbons (Fsp3) is 0.190. The molecule has 4 aromatic rings. The summed E-state index contributed by atoms with van der Waals surface area (Å²) in [5.41, 5.74) is 3.86. The zero-order valence-corrected chi connectivity index (χ0v) is 17.4. The number of methoxy groups -OCH3 is 1. The molecule has 0 spiro atoms. The summed E-state index contributed by atoms with van der Waals surface area (Å²) in [6.07, 6.45) is 0. The normalized spacial score (nSPS) is 11.1. The largest absolute Gasteiger partial charge is 0.497 e. The molecule has 7 heteroatoms. The number of aromatic nitrogens is 4. The Morgan fingerprint density at radius 1 is 1.07 bits per heavy atom. The number of thioether (sulfide) groups is 1. The van der Waals surface area contributed by atoms with Gasteiger partial charge in [-0.3, -0.25) is 4.98 Å². The number of nitrogens with zero attached hydrogens (tertiary/aromatic N) is 4. The average Bonchev–Trinajstić information content (AvgIpc) is 3.10. The lowest BCUT2D eigenvalue weighted by molar-refractivity contribution is 0.415. The molecule has 0 saturated carbocycles. The maximum absolute atomic E-state index is 6.58. The smallest absolute Gasteiger partial charge is 0.191 e. The highest BCUT2D eigenvalue weighted by Crippen LogP contribution is 2.32. The third-order valence-corrected chi connectivity index (χ3v) is 6.20. The number of benzene rings is 2. The maximum Gasteiger partial charge on any atom is 0.191 e. The third kappa shape index (κ3) is 3.45. The van der Waals surface area contributed by atoms with Crippen molar-refractivity contribution in [3.63, 3.8) is 0 Å². The van der Waals surface area contributed by atoms with Gasteiger partial charge in [0.15, 0.2) is 11.0 Å². The van der Waals surface area contributed by atoms with Crippen LogP contribution in [0.2, 0.25) is 5.02 Å². The Balaban J connectivity index is 1.58. The predicted molar refractivity (Wildman–Crippen MR) is 114 cm³/mol. The van der Waals surface area contributed by atoms with Gasteiger partial charge in [0, 0.05) is 23.8 Å². The Hall–Kier alpha value is -2.57. The van der Waals surface area contributed by atoms with E-state index in [-0.39, 0.29) is 0 Å². The van der Waals surface area contributed by atoms with Crippen molar-refractivity contribution in [1.29, 1.82) is 0 Å². The molecule has 4 rings (SSSR count). The Kier molecular flexibility index (Phi) is 5.24. The monoisotopic (exact) mass is 410 g/mol. The minimum Gasteiger partial charge on any atom is -0.497 e. The van der Waals surface area contributed by atoms with E-state index in [4.69, 9.17) is 21.3 Å². The molecular formula is C21H19ClN4OS. The quantitative estimate of drug-likeness (QED) is 0.418. The topological polar surface area (TPSA) is 52.8 Å². The van der Waals surface area contributed by atoms with Crippen molar-refractivity contribution in [3.8, 4) is 17.1 Å². The van der Waals surface area contributed by atoms with E-state index >= 15 is 0 Å². The van der Waals surface area contributed by atoms with Crippen molar-refractivity contribution in [3.05, 3.63) is 64.8 Å². The van der Waals surface area contributed by atoms with Gasteiger partial charge in [0.25, 0.3) is 0 Å². The maximum atomic E-state index is 6.58. The van der Waals surface area contributed by atoms with Crippen molar-refractivity contribution in [2.24, 2.45) is 7.05 Å². The van der Waals surface area contributed by atoms with Crippen LogP contribution in [0.4, 0.5) is 0 Å². The predicted octanol–water partition coefficient (Wildman–Crippen LogP) is 5.29. The summed E-state index contributed by atoms with van der Waals surface area (Å²) in [5.74, 6) is 2.24. The van der Waals surface area contributed by atoms with E-state index in [1.54, 1.807) is 18.9 Å². The summed E-state index contributed by atoms with van der Waals surface area (Å²) in [5, 5.41) is 11.3. The molecule has 2 aromatic heterocycles. The first-order chi connectivity index (χ1) is 13.6. The summed E-state index contributed by atoms with van der Waals surface area (Å²) < 4.78 is 7.19. The highest BCUT2D eigenvalue weighted by molar-refractivity contribution is 7.98. The number of hydrogen-bond donors (Lipinski definition) is 0. The van der Waals surface area contributed by atoms with Gasteiger partial charge in [0.1, 0.15) is 5.75 Å². The van der Waals surface area contributed by atoms with Gasteiger partial charge < -0.3 is 9.30 Å². The third-order valence-electron chi connectivity index (χ3n) is 4.67. The van der Waals surface area contributed by atoms with Crippen LogP contribution in [0.1, 0.15) is 11.3 Å².